The van der Waals surface area contributed by atoms with E-state index in [1.54, 1.807) is 0 Å². The van der Waals surface area contributed by atoms with Crippen LogP contribution in [0.4, 0.5) is 0 Å². The minimum atomic E-state index is -4.94. The third kappa shape index (κ3) is 3.02. The topological polar surface area (TPSA) is 127 Å². The summed E-state index contributed by atoms with van der Waals surface area (Å²) in [5, 5.41) is 2.69. The predicted molar refractivity (Wildman–Crippen MR) is 70.9 cm³/mol. The molecule has 1 atom stereocenters. The monoisotopic (exact) mass is 319 g/mol. The van der Waals surface area contributed by atoms with E-state index in [1.165, 1.54) is 0 Å². The molecule has 18 heavy (non-hydrogen) atoms. The number of thiol groups is 1. The van der Waals surface area contributed by atoms with Crippen LogP contribution < -0.4 is 5.32 Å². The Bertz CT molecular complexity index is 358. The molecule has 1 rings (SSSR count). The maximum atomic E-state index is 11.7. The summed E-state index contributed by atoms with van der Waals surface area (Å²) in [6.45, 7) is 0.137. The molecule has 0 radical (unpaired) electrons. The van der Waals surface area contributed by atoms with Gasteiger partial charge in [0.2, 0.25) is 0 Å². The lowest BCUT2D eigenvalue weighted by Gasteiger charge is -2.44. The van der Waals surface area contributed by atoms with Crippen molar-refractivity contribution in [2.45, 2.75) is 24.2 Å². The molecule has 0 amide bonds. The Hall–Kier alpha value is 0.610. The molecule has 1 aliphatic heterocycles. The van der Waals surface area contributed by atoms with Crippen LogP contribution in [0.3, 0.4) is 0 Å². The van der Waals surface area contributed by atoms with Crippen molar-refractivity contribution in [3.05, 3.63) is 0 Å². The third-order valence-electron chi connectivity index (χ3n) is 3.43. The first kappa shape index (κ1) is 16.7. The summed E-state index contributed by atoms with van der Waals surface area (Å²) in [5.74, 6) is -0.185. The summed E-state index contributed by atoms with van der Waals surface area (Å²) >= 11 is 4.02. The van der Waals surface area contributed by atoms with Crippen molar-refractivity contribution >= 4 is 27.8 Å². The molecule has 0 aromatic heterocycles. The van der Waals surface area contributed by atoms with Crippen molar-refractivity contribution < 1.29 is 28.7 Å². The Kier molecular flexibility index (Phi) is 5.49. The molecule has 1 aliphatic rings. The summed E-state index contributed by atoms with van der Waals surface area (Å²) in [6.07, 6.45) is 1.25. The Morgan fingerprint density at radius 3 is 2.22 bits per heavy atom. The van der Waals surface area contributed by atoms with Gasteiger partial charge >= 0.3 is 15.2 Å². The van der Waals surface area contributed by atoms with E-state index in [4.69, 9.17) is 0 Å². The van der Waals surface area contributed by atoms with Crippen LogP contribution in [-0.2, 0) is 9.13 Å². The Morgan fingerprint density at radius 1 is 1.22 bits per heavy atom. The van der Waals surface area contributed by atoms with Crippen LogP contribution in [0.1, 0.15) is 19.3 Å². The first-order chi connectivity index (χ1) is 8.17. The number of piperidine rings is 1. The molecule has 108 valence electrons. The van der Waals surface area contributed by atoms with Gasteiger partial charge in [0, 0.05) is 6.54 Å². The second-order valence-electron chi connectivity index (χ2n) is 4.49. The highest BCUT2D eigenvalue weighted by molar-refractivity contribution is 7.80. The highest BCUT2D eigenvalue weighted by atomic mass is 32.1. The average molecular weight is 319 g/mol. The molecule has 10 heteroatoms. The predicted octanol–water partition coefficient (Wildman–Crippen LogP) is 0.358. The van der Waals surface area contributed by atoms with Crippen molar-refractivity contribution in [3.63, 3.8) is 0 Å². The van der Waals surface area contributed by atoms with Crippen molar-refractivity contribution in [1.29, 1.82) is 0 Å². The molecule has 0 aliphatic carbocycles. The fraction of sp³-hybridized carbons (Fsp3) is 1.00. The van der Waals surface area contributed by atoms with E-state index in [1.807, 2.05) is 0 Å². The zero-order chi connectivity index (χ0) is 14.0. The molecule has 1 saturated heterocycles. The highest BCUT2D eigenvalue weighted by Crippen LogP contribution is 2.73. The standard InChI is InChI=1S/C8H19NO6P2S/c10-16(11,12)8(17(13,14)15)6-9-4-3-7(8)2-1-5-18/h7,9,18H,1-6H2,(H2,10,11,12)(H2,13,14,15). The minimum Gasteiger partial charge on any atom is -0.324 e. The van der Waals surface area contributed by atoms with Gasteiger partial charge in [0.05, 0.1) is 0 Å². The fourth-order valence-electron chi connectivity index (χ4n) is 2.49. The molecule has 1 fully saturated rings. The van der Waals surface area contributed by atoms with Gasteiger partial charge in [-0.25, -0.2) is 0 Å². The maximum Gasteiger partial charge on any atom is 0.345 e. The molecule has 7 nitrogen and oxygen atoms in total. The van der Waals surface area contributed by atoms with E-state index < -0.39 is 26.0 Å². The second kappa shape index (κ2) is 5.94. The van der Waals surface area contributed by atoms with Gasteiger partial charge in [-0.3, -0.25) is 9.13 Å². The lowest BCUT2D eigenvalue weighted by Crippen LogP contribution is -2.51. The van der Waals surface area contributed by atoms with Gasteiger partial charge in [0.15, 0.2) is 4.90 Å². The first-order valence-corrected chi connectivity index (χ1v) is 9.45. The molecule has 1 heterocycles. The quantitative estimate of drug-likeness (QED) is 0.319. The van der Waals surface area contributed by atoms with Crippen molar-refractivity contribution in [2.75, 3.05) is 18.8 Å². The molecule has 0 bridgehead atoms. The Labute approximate surface area is 111 Å². The number of nitrogens with one attached hydrogen (secondary N) is 1. The Balaban J connectivity index is 3.20. The minimum absolute atomic E-state index is 0.337. The summed E-state index contributed by atoms with van der Waals surface area (Å²) in [6, 6.07) is 0. The van der Waals surface area contributed by atoms with Crippen molar-refractivity contribution in [3.8, 4) is 0 Å². The number of hydrogen-bond acceptors (Lipinski definition) is 4. The van der Waals surface area contributed by atoms with Gasteiger partial charge in [0.25, 0.3) is 0 Å². The summed E-state index contributed by atoms with van der Waals surface area (Å²) in [5.41, 5.74) is 0. The number of hydrogen-bond donors (Lipinski definition) is 6. The SMILES string of the molecule is O=P(O)(O)C1(P(=O)(O)O)CNCCC1CCCS. The lowest BCUT2D eigenvalue weighted by atomic mass is 9.92. The largest absolute Gasteiger partial charge is 0.345 e. The average Bonchev–Trinajstić information content (AvgIpc) is 2.23. The van der Waals surface area contributed by atoms with E-state index in [2.05, 4.69) is 17.9 Å². The summed E-state index contributed by atoms with van der Waals surface area (Å²) in [4.78, 5) is 35.5. The van der Waals surface area contributed by atoms with Crippen molar-refractivity contribution in [1.82, 2.24) is 5.32 Å². The van der Waals surface area contributed by atoms with E-state index >= 15 is 0 Å². The third-order valence-corrected chi connectivity index (χ3v) is 8.37. The van der Waals surface area contributed by atoms with E-state index in [9.17, 15) is 28.7 Å². The van der Waals surface area contributed by atoms with Gasteiger partial charge < -0.3 is 24.9 Å². The molecule has 0 aromatic rings. The normalized spacial score (nSPS) is 25.1. The van der Waals surface area contributed by atoms with Crippen LogP contribution >= 0.6 is 27.8 Å². The smallest absolute Gasteiger partial charge is 0.324 e. The van der Waals surface area contributed by atoms with Crippen LogP contribution in [0, 0.1) is 5.92 Å². The summed E-state index contributed by atoms with van der Waals surface area (Å²) < 4.78 is 23.3. The van der Waals surface area contributed by atoms with E-state index in [0.29, 0.717) is 31.6 Å². The van der Waals surface area contributed by atoms with Gasteiger partial charge in [-0.15, -0.1) is 0 Å². The maximum absolute atomic E-state index is 11.7. The highest BCUT2D eigenvalue weighted by Gasteiger charge is 2.64. The van der Waals surface area contributed by atoms with Crippen LogP contribution in [0.2, 0.25) is 0 Å². The van der Waals surface area contributed by atoms with Gasteiger partial charge in [-0.1, -0.05) is 0 Å². The van der Waals surface area contributed by atoms with Gasteiger partial charge in [-0.05, 0) is 37.5 Å². The fourth-order valence-corrected chi connectivity index (χ4v) is 6.13. The molecule has 5 N–H and O–H groups in total. The van der Waals surface area contributed by atoms with E-state index in [-0.39, 0.29) is 6.54 Å². The molecule has 0 spiro atoms. The molecule has 1 unspecified atom stereocenters. The van der Waals surface area contributed by atoms with E-state index in [0.717, 1.165) is 0 Å². The van der Waals surface area contributed by atoms with Crippen LogP contribution in [-0.4, -0.2) is 43.3 Å². The lowest BCUT2D eigenvalue weighted by molar-refractivity contribution is 0.227. The first-order valence-electron chi connectivity index (χ1n) is 5.59. The Morgan fingerprint density at radius 2 is 1.78 bits per heavy atom. The second-order valence-corrected chi connectivity index (χ2v) is 9.07. The van der Waals surface area contributed by atoms with Crippen molar-refractivity contribution in [2.24, 2.45) is 5.92 Å². The van der Waals surface area contributed by atoms with Crippen LogP contribution in [0.15, 0.2) is 0 Å². The zero-order valence-electron chi connectivity index (χ0n) is 9.77. The van der Waals surface area contributed by atoms with Crippen LogP contribution in [0.25, 0.3) is 0 Å². The number of rotatable bonds is 5. The zero-order valence-corrected chi connectivity index (χ0v) is 12.5. The van der Waals surface area contributed by atoms with Gasteiger partial charge in [-0.2, -0.15) is 12.6 Å². The molecule has 0 saturated carbocycles. The molecule has 0 aromatic carbocycles. The molecular weight excluding hydrogens is 300 g/mol. The molecular formula is C8H19NO6P2S. The van der Waals surface area contributed by atoms with Crippen LogP contribution in [0.5, 0.6) is 0 Å². The van der Waals surface area contributed by atoms with Gasteiger partial charge in [0.1, 0.15) is 0 Å². The summed E-state index contributed by atoms with van der Waals surface area (Å²) in [7, 11) is -9.88.